The molecule has 1 saturated heterocycles. The first-order chi connectivity index (χ1) is 11.5. The molecule has 0 radical (unpaired) electrons. The van der Waals surface area contributed by atoms with Crippen LogP contribution in [0.15, 0.2) is 24.3 Å². The molecule has 1 aromatic carbocycles. The smallest absolute Gasteiger partial charge is 0.326 e. The number of ketones is 1. The number of Topliss-reactive ketones (excluding diaryl/α,β-unsaturated/α-hetero) is 1. The second-order valence-electron chi connectivity index (χ2n) is 5.65. The van der Waals surface area contributed by atoms with Gasteiger partial charge in [0.1, 0.15) is 11.8 Å². The number of ether oxygens (including phenoxy) is 2. The van der Waals surface area contributed by atoms with Crippen molar-refractivity contribution >= 4 is 17.7 Å². The normalized spacial score (nSPS) is 20.0. The van der Waals surface area contributed by atoms with Gasteiger partial charge in [-0.15, -0.1) is 0 Å². The summed E-state index contributed by atoms with van der Waals surface area (Å²) in [4.78, 5) is 37.0. The summed E-state index contributed by atoms with van der Waals surface area (Å²) in [6.45, 7) is 0.239. The Morgan fingerprint density at radius 2 is 1.83 bits per heavy atom. The number of carboxylic acids is 1. The lowest BCUT2D eigenvalue weighted by molar-refractivity contribution is -0.148. The summed E-state index contributed by atoms with van der Waals surface area (Å²) in [5, 5.41) is 9.22. The maximum Gasteiger partial charge on any atom is 0.326 e. The molecule has 1 N–H and O–H groups in total. The molecule has 1 aliphatic rings. The van der Waals surface area contributed by atoms with Crippen molar-refractivity contribution in [2.24, 2.45) is 0 Å². The van der Waals surface area contributed by atoms with Gasteiger partial charge in [-0.3, -0.25) is 9.59 Å². The molecule has 0 aromatic heterocycles. The van der Waals surface area contributed by atoms with Gasteiger partial charge in [0.2, 0.25) is 5.91 Å². The number of carboxylic acid groups (broad SMARTS) is 1. The lowest BCUT2D eigenvalue weighted by Gasteiger charge is -2.21. The number of hydrogen-bond donors (Lipinski definition) is 1. The molecule has 1 aliphatic heterocycles. The van der Waals surface area contributed by atoms with E-state index in [2.05, 4.69) is 0 Å². The van der Waals surface area contributed by atoms with Crippen LogP contribution >= 0.6 is 0 Å². The third kappa shape index (κ3) is 4.11. The number of amides is 1. The highest BCUT2D eigenvalue weighted by Gasteiger charge is 2.39. The molecule has 1 fully saturated rings. The van der Waals surface area contributed by atoms with Crippen LogP contribution in [0, 0.1) is 0 Å². The maximum atomic E-state index is 12.3. The highest BCUT2D eigenvalue weighted by molar-refractivity contribution is 5.98. The summed E-state index contributed by atoms with van der Waals surface area (Å²) in [5.74, 6) is -0.914. The van der Waals surface area contributed by atoms with Gasteiger partial charge < -0.3 is 19.5 Å². The van der Waals surface area contributed by atoms with E-state index in [0.29, 0.717) is 11.3 Å². The van der Waals surface area contributed by atoms with Crippen molar-refractivity contribution in [3.63, 3.8) is 0 Å². The number of carbonyl (C=O) groups excluding carboxylic acids is 2. The summed E-state index contributed by atoms with van der Waals surface area (Å²) in [5.41, 5.74) is 0.495. The molecule has 2 rings (SSSR count). The van der Waals surface area contributed by atoms with E-state index in [0.717, 1.165) is 0 Å². The molecular weight excluding hydrogens is 314 g/mol. The first-order valence-corrected chi connectivity index (χ1v) is 7.68. The first-order valence-electron chi connectivity index (χ1n) is 7.68. The second-order valence-corrected chi connectivity index (χ2v) is 5.65. The molecule has 1 aromatic rings. The van der Waals surface area contributed by atoms with Gasteiger partial charge >= 0.3 is 5.97 Å². The van der Waals surface area contributed by atoms with E-state index in [9.17, 15) is 19.5 Å². The SMILES string of the molecule is COc1ccc(C(=O)CCC(=O)N2CC(OC)CC2C(=O)O)cc1. The summed E-state index contributed by atoms with van der Waals surface area (Å²) in [7, 11) is 3.03. The molecule has 0 aliphatic carbocycles. The standard InChI is InChI=1S/C17H21NO6/c1-23-12-5-3-11(4-6-12)15(19)7-8-16(20)18-10-13(24-2)9-14(18)17(21)22/h3-6,13-14H,7-10H2,1-2H3,(H,21,22). The number of nitrogens with zero attached hydrogens (tertiary/aromatic N) is 1. The van der Waals surface area contributed by atoms with Crippen LogP contribution in [-0.2, 0) is 14.3 Å². The molecule has 7 nitrogen and oxygen atoms in total. The Bertz CT molecular complexity index is 612. The molecule has 7 heteroatoms. The number of likely N-dealkylation sites (tertiary alicyclic amines) is 1. The van der Waals surface area contributed by atoms with Gasteiger partial charge in [-0.25, -0.2) is 4.79 Å². The Hall–Kier alpha value is -2.41. The Balaban J connectivity index is 1.93. The van der Waals surface area contributed by atoms with Crippen molar-refractivity contribution in [3.05, 3.63) is 29.8 Å². The van der Waals surface area contributed by atoms with Crippen LogP contribution in [0.25, 0.3) is 0 Å². The molecule has 0 bridgehead atoms. The van der Waals surface area contributed by atoms with Crippen molar-refractivity contribution in [1.29, 1.82) is 0 Å². The molecule has 2 atom stereocenters. The van der Waals surface area contributed by atoms with Crippen LogP contribution < -0.4 is 4.74 Å². The summed E-state index contributed by atoms with van der Waals surface area (Å²) in [6.07, 6.45) is -0.00637. The predicted octanol–water partition coefficient (Wildman–Crippen LogP) is 1.36. The third-order valence-electron chi connectivity index (χ3n) is 4.18. The van der Waals surface area contributed by atoms with Crippen LogP contribution in [-0.4, -0.2) is 60.6 Å². The fourth-order valence-electron chi connectivity index (χ4n) is 2.76. The lowest BCUT2D eigenvalue weighted by Crippen LogP contribution is -2.40. The summed E-state index contributed by atoms with van der Waals surface area (Å²) >= 11 is 0. The molecule has 2 unspecified atom stereocenters. The quantitative estimate of drug-likeness (QED) is 0.756. The van der Waals surface area contributed by atoms with E-state index < -0.39 is 12.0 Å². The number of rotatable bonds is 7. The number of aliphatic carboxylic acids is 1. The molecule has 1 heterocycles. The van der Waals surface area contributed by atoms with E-state index in [4.69, 9.17) is 9.47 Å². The average Bonchev–Trinajstić information content (AvgIpc) is 3.04. The minimum atomic E-state index is -1.05. The predicted molar refractivity (Wildman–Crippen MR) is 85.1 cm³/mol. The van der Waals surface area contributed by atoms with E-state index in [-0.39, 0.29) is 43.6 Å². The van der Waals surface area contributed by atoms with Gasteiger partial charge in [-0.2, -0.15) is 0 Å². The molecule has 1 amide bonds. The summed E-state index contributed by atoms with van der Waals surface area (Å²) in [6, 6.07) is 5.75. The fourth-order valence-corrected chi connectivity index (χ4v) is 2.76. The van der Waals surface area contributed by atoms with Crippen LogP contribution in [0.4, 0.5) is 0 Å². The van der Waals surface area contributed by atoms with Crippen molar-refractivity contribution in [2.75, 3.05) is 20.8 Å². The molecule has 0 saturated carbocycles. The van der Waals surface area contributed by atoms with Crippen molar-refractivity contribution < 1.29 is 29.0 Å². The van der Waals surface area contributed by atoms with Gasteiger partial charge in [0.05, 0.1) is 13.2 Å². The number of methoxy groups -OCH3 is 2. The minimum Gasteiger partial charge on any atom is -0.497 e. The number of benzene rings is 1. The molecular formula is C17H21NO6. The number of hydrogen-bond acceptors (Lipinski definition) is 5. The van der Waals surface area contributed by atoms with Crippen molar-refractivity contribution in [1.82, 2.24) is 4.90 Å². The highest BCUT2D eigenvalue weighted by atomic mass is 16.5. The van der Waals surface area contributed by atoms with Crippen molar-refractivity contribution in [2.45, 2.75) is 31.4 Å². The van der Waals surface area contributed by atoms with Crippen LogP contribution in [0.5, 0.6) is 5.75 Å². The van der Waals surface area contributed by atoms with Gasteiger partial charge in [-0.1, -0.05) is 0 Å². The Morgan fingerprint density at radius 1 is 1.17 bits per heavy atom. The van der Waals surface area contributed by atoms with E-state index in [1.54, 1.807) is 24.3 Å². The topological polar surface area (TPSA) is 93.1 Å². The van der Waals surface area contributed by atoms with Gasteiger partial charge in [0.15, 0.2) is 5.78 Å². The Morgan fingerprint density at radius 3 is 2.38 bits per heavy atom. The zero-order valence-electron chi connectivity index (χ0n) is 13.7. The zero-order valence-corrected chi connectivity index (χ0v) is 13.7. The first kappa shape index (κ1) is 17.9. The number of carbonyl (C=O) groups is 3. The lowest BCUT2D eigenvalue weighted by atomic mass is 10.1. The second kappa shape index (κ2) is 7.92. The Kier molecular flexibility index (Phi) is 5.92. The Labute approximate surface area is 140 Å². The van der Waals surface area contributed by atoms with Crippen LogP contribution in [0.1, 0.15) is 29.6 Å². The molecule has 130 valence electrons. The van der Waals surface area contributed by atoms with Gasteiger partial charge in [0.25, 0.3) is 0 Å². The monoisotopic (exact) mass is 335 g/mol. The minimum absolute atomic E-state index is 0.0227. The van der Waals surface area contributed by atoms with E-state index >= 15 is 0 Å². The van der Waals surface area contributed by atoms with Crippen LogP contribution in [0.2, 0.25) is 0 Å². The summed E-state index contributed by atoms with van der Waals surface area (Å²) < 4.78 is 10.2. The largest absolute Gasteiger partial charge is 0.497 e. The zero-order chi connectivity index (χ0) is 17.7. The third-order valence-corrected chi connectivity index (χ3v) is 4.18. The van der Waals surface area contributed by atoms with Crippen LogP contribution in [0.3, 0.4) is 0 Å². The fraction of sp³-hybridized carbons (Fsp3) is 0.471. The molecule has 0 spiro atoms. The van der Waals surface area contributed by atoms with E-state index in [1.165, 1.54) is 19.1 Å². The van der Waals surface area contributed by atoms with Gasteiger partial charge in [-0.05, 0) is 24.3 Å². The highest BCUT2D eigenvalue weighted by Crippen LogP contribution is 2.22. The molecule has 24 heavy (non-hydrogen) atoms. The van der Waals surface area contributed by atoms with Gasteiger partial charge in [0, 0.05) is 38.5 Å². The van der Waals surface area contributed by atoms with E-state index in [1.807, 2.05) is 0 Å². The maximum absolute atomic E-state index is 12.3. The van der Waals surface area contributed by atoms with Crippen molar-refractivity contribution in [3.8, 4) is 5.75 Å². The average molecular weight is 335 g/mol.